The Morgan fingerprint density at radius 1 is 1.33 bits per heavy atom. The fraction of sp³-hybridized carbons (Fsp3) is 1.00. The van der Waals surface area contributed by atoms with Gasteiger partial charge in [0, 0.05) is 18.6 Å². The van der Waals surface area contributed by atoms with Gasteiger partial charge in [-0.25, -0.2) is 8.78 Å². The average molecular weight is 218 g/mol. The Hall–Kier alpha value is -0.220. The molecular weight excluding hydrogens is 198 g/mol. The zero-order valence-corrected chi connectivity index (χ0v) is 9.26. The molecule has 15 heavy (non-hydrogen) atoms. The highest BCUT2D eigenvalue weighted by Gasteiger charge is 2.35. The molecular formula is C11H20F2N2. The monoisotopic (exact) mass is 218 g/mol. The van der Waals surface area contributed by atoms with Crippen molar-refractivity contribution in [3.63, 3.8) is 0 Å². The van der Waals surface area contributed by atoms with Crippen LogP contribution in [-0.4, -0.2) is 43.0 Å². The van der Waals surface area contributed by atoms with E-state index >= 15 is 0 Å². The molecule has 1 N–H and O–H groups in total. The lowest BCUT2D eigenvalue weighted by atomic mass is 10.1. The van der Waals surface area contributed by atoms with E-state index < -0.39 is 6.43 Å². The second kappa shape index (κ2) is 4.74. The van der Waals surface area contributed by atoms with Crippen molar-refractivity contribution in [2.75, 3.05) is 19.6 Å². The molecule has 0 radical (unpaired) electrons. The highest BCUT2D eigenvalue weighted by molar-refractivity contribution is 4.91. The topological polar surface area (TPSA) is 15.3 Å². The van der Waals surface area contributed by atoms with Gasteiger partial charge in [-0.1, -0.05) is 0 Å². The van der Waals surface area contributed by atoms with Crippen LogP contribution in [0.1, 0.15) is 26.2 Å². The average Bonchev–Trinajstić information content (AvgIpc) is 2.94. The van der Waals surface area contributed by atoms with Gasteiger partial charge in [-0.2, -0.15) is 0 Å². The van der Waals surface area contributed by atoms with Crippen LogP contribution in [0.3, 0.4) is 0 Å². The summed E-state index contributed by atoms with van der Waals surface area (Å²) in [5.74, 6) is 0.746. The van der Waals surface area contributed by atoms with Crippen LogP contribution >= 0.6 is 0 Å². The number of nitrogens with zero attached hydrogens (tertiary/aromatic N) is 1. The van der Waals surface area contributed by atoms with Crippen LogP contribution in [0.5, 0.6) is 0 Å². The van der Waals surface area contributed by atoms with Crippen LogP contribution in [0.15, 0.2) is 0 Å². The van der Waals surface area contributed by atoms with Crippen molar-refractivity contribution < 1.29 is 8.78 Å². The van der Waals surface area contributed by atoms with E-state index in [1.165, 1.54) is 12.8 Å². The number of nitrogens with one attached hydrogen (secondary N) is 1. The molecule has 1 aliphatic carbocycles. The molecule has 0 aromatic rings. The summed E-state index contributed by atoms with van der Waals surface area (Å²) < 4.78 is 24.8. The number of halogens is 2. The summed E-state index contributed by atoms with van der Waals surface area (Å²) in [6, 6.07) is 0.740. The Bertz CT molecular complexity index is 207. The maximum atomic E-state index is 12.4. The van der Waals surface area contributed by atoms with E-state index in [9.17, 15) is 8.78 Å². The van der Waals surface area contributed by atoms with E-state index in [2.05, 4.69) is 12.2 Å². The first-order valence-electron chi connectivity index (χ1n) is 5.92. The highest BCUT2D eigenvalue weighted by Crippen LogP contribution is 2.34. The molecule has 0 aromatic heterocycles. The van der Waals surface area contributed by atoms with Gasteiger partial charge < -0.3 is 5.32 Å². The molecule has 2 rings (SSSR count). The Kier molecular flexibility index (Phi) is 3.57. The Morgan fingerprint density at radius 2 is 2.07 bits per heavy atom. The largest absolute Gasteiger partial charge is 0.312 e. The van der Waals surface area contributed by atoms with Crippen molar-refractivity contribution in [1.82, 2.24) is 10.2 Å². The molecule has 1 heterocycles. The predicted octanol–water partition coefficient (Wildman–Crippen LogP) is 1.71. The van der Waals surface area contributed by atoms with E-state index in [1.54, 1.807) is 0 Å². The van der Waals surface area contributed by atoms with Crippen molar-refractivity contribution >= 4 is 0 Å². The van der Waals surface area contributed by atoms with Crippen LogP contribution in [0.4, 0.5) is 8.78 Å². The molecule has 0 bridgehead atoms. The van der Waals surface area contributed by atoms with Crippen LogP contribution in [0.25, 0.3) is 0 Å². The molecule has 1 aliphatic heterocycles. The zero-order valence-electron chi connectivity index (χ0n) is 9.26. The summed E-state index contributed by atoms with van der Waals surface area (Å²) in [6.07, 6.45) is 1.32. The smallest absolute Gasteiger partial charge is 0.251 e. The molecule has 2 fully saturated rings. The van der Waals surface area contributed by atoms with E-state index in [0.717, 1.165) is 25.4 Å². The van der Waals surface area contributed by atoms with Crippen molar-refractivity contribution in [3.05, 3.63) is 0 Å². The second-order valence-corrected chi connectivity index (χ2v) is 4.88. The van der Waals surface area contributed by atoms with Crippen molar-refractivity contribution in [2.45, 2.75) is 44.7 Å². The van der Waals surface area contributed by atoms with Gasteiger partial charge in [0.15, 0.2) is 0 Å². The van der Waals surface area contributed by atoms with Gasteiger partial charge >= 0.3 is 0 Å². The van der Waals surface area contributed by atoms with E-state index in [0.29, 0.717) is 6.04 Å². The third kappa shape index (κ3) is 3.11. The quantitative estimate of drug-likeness (QED) is 0.776. The van der Waals surface area contributed by atoms with Crippen molar-refractivity contribution in [3.8, 4) is 0 Å². The van der Waals surface area contributed by atoms with Crippen LogP contribution in [0, 0.1) is 5.92 Å². The lowest BCUT2D eigenvalue weighted by Gasteiger charge is -2.28. The molecule has 88 valence electrons. The minimum atomic E-state index is -2.20. The summed E-state index contributed by atoms with van der Waals surface area (Å²) in [6.45, 7) is 3.77. The van der Waals surface area contributed by atoms with E-state index in [1.807, 2.05) is 4.90 Å². The molecule has 2 nitrogen and oxygen atoms in total. The predicted molar refractivity (Wildman–Crippen MR) is 56.2 cm³/mol. The minimum Gasteiger partial charge on any atom is -0.312 e. The molecule has 0 spiro atoms. The lowest BCUT2D eigenvalue weighted by Crippen LogP contribution is -2.43. The first kappa shape index (κ1) is 11.3. The number of hydrogen-bond donors (Lipinski definition) is 1. The fourth-order valence-electron chi connectivity index (χ4n) is 2.40. The molecule has 4 heteroatoms. The Morgan fingerprint density at radius 3 is 2.67 bits per heavy atom. The highest BCUT2D eigenvalue weighted by atomic mass is 19.3. The molecule has 0 amide bonds. The maximum Gasteiger partial charge on any atom is 0.251 e. The lowest BCUT2D eigenvalue weighted by molar-refractivity contribution is 0.0674. The number of rotatable bonds is 3. The van der Waals surface area contributed by atoms with Gasteiger partial charge in [0.1, 0.15) is 0 Å². The SMILES string of the molecule is CC1CCNC(C2CC2)CN1CC(F)F. The van der Waals surface area contributed by atoms with Crippen LogP contribution in [-0.2, 0) is 0 Å². The number of alkyl halides is 2. The first-order chi connectivity index (χ1) is 7.16. The minimum absolute atomic E-state index is 0.0634. The summed E-state index contributed by atoms with van der Waals surface area (Å²) >= 11 is 0. The van der Waals surface area contributed by atoms with E-state index in [-0.39, 0.29) is 12.6 Å². The third-order valence-corrected chi connectivity index (χ3v) is 3.59. The summed E-state index contributed by atoms with van der Waals surface area (Å²) in [7, 11) is 0. The fourth-order valence-corrected chi connectivity index (χ4v) is 2.40. The molecule has 1 saturated carbocycles. The zero-order chi connectivity index (χ0) is 10.8. The Balaban J connectivity index is 1.91. The standard InChI is InChI=1S/C11H20F2N2/c1-8-4-5-14-10(9-2-3-9)6-15(8)7-11(12)13/h8-11,14H,2-7H2,1H3. The Labute approximate surface area is 90.0 Å². The van der Waals surface area contributed by atoms with Gasteiger partial charge in [-0.05, 0) is 38.6 Å². The van der Waals surface area contributed by atoms with Gasteiger partial charge in [-0.3, -0.25) is 4.90 Å². The summed E-state index contributed by atoms with van der Waals surface area (Å²) in [5.41, 5.74) is 0. The van der Waals surface area contributed by atoms with Crippen molar-refractivity contribution in [2.24, 2.45) is 5.92 Å². The van der Waals surface area contributed by atoms with Gasteiger partial charge in [0.2, 0.25) is 0 Å². The normalized spacial score (nSPS) is 34.4. The first-order valence-corrected chi connectivity index (χ1v) is 5.92. The summed E-state index contributed by atoms with van der Waals surface area (Å²) in [4.78, 5) is 1.95. The van der Waals surface area contributed by atoms with E-state index in [4.69, 9.17) is 0 Å². The number of hydrogen-bond acceptors (Lipinski definition) is 2. The third-order valence-electron chi connectivity index (χ3n) is 3.59. The second-order valence-electron chi connectivity index (χ2n) is 4.88. The van der Waals surface area contributed by atoms with Gasteiger partial charge in [0.25, 0.3) is 6.43 Å². The molecule has 1 saturated heterocycles. The van der Waals surface area contributed by atoms with Crippen molar-refractivity contribution in [1.29, 1.82) is 0 Å². The maximum absolute atomic E-state index is 12.4. The van der Waals surface area contributed by atoms with Gasteiger partial charge in [0.05, 0.1) is 6.54 Å². The van der Waals surface area contributed by atoms with Crippen LogP contribution in [0.2, 0.25) is 0 Å². The molecule has 0 aromatic carbocycles. The van der Waals surface area contributed by atoms with Crippen LogP contribution < -0.4 is 5.32 Å². The molecule has 2 atom stereocenters. The van der Waals surface area contributed by atoms with Gasteiger partial charge in [-0.15, -0.1) is 0 Å². The molecule has 2 aliphatic rings. The summed E-state index contributed by atoms with van der Waals surface area (Å²) in [5, 5.41) is 3.49. The molecule has 2 unspecified atom stereocenters.